The molecular weight excluding hydrogens is 270 g/mol. The molecule has 0 spiro atoms. The molecule has 2 atom stereocenters. The van der Waals surface area contributed by atoms with Crippen LogP contribution in [0.4, 0.5) is 0 Å². The maximum absolute atomic E-state index is 2.69. The molecule has 2 fully saturated rings. The van der Waals surface area contributed by atoms with E-state index in [1.807, 2.05) is 0 Å². The summed E-state index contributed by atoms with van der Waals surface area (Å²) in [5, 5.41) is 0. The van der Waals surface area contributed by atoms with E-state index in [4.69, 9.17) is 0 Å². The summed E-state index contributed by atoms with van der Waals surface area (Å²) in [6, 6.07) is 10.8. The minimum atomic E-state index is 0.472. The van der Waals surface area contributed by atoms with Crippen molar-refractivity contribution in [3.63, 3.8) is 0 Å². The fourth-order valence-electron chi connectivity index (χ4n) is 4.60. The first-order chi connectivity index (χ1) is 10.4. The van der Waals surface area contributed by atoms with Gasteiger partial charge < -0.3 is 14.7 Å². The van der Waals surface area contributed by atoms with Gasteiger partial charge in [-0.15, -0.1) is 0 Å². The highest BCUT2D eigenvalue weighted by Crippen LogP contribution is 2.50. The molecule has 0 amide bonds. The van der Waals surface area contributed by atoms with Crippen molar-refractivity contribution in [2.75, 3.05) is 53.4 Å². The molecule has 0 aromatic heterocycles. The van der Waals surface area contributed by atoms with Crippen molar-refractivity contribution >= 4 is 0 Å². The van der Waals surface area contributed by atoms with Gasteiger partial charge in [-0.1, -0.05) is 44.2 Å². The molecule has 0 bridgehead atoms. The van der Waals surface area contributed by atoms with Crippen LogP contribution in [0.15, 0.2) is 30.3 Å². The third-order valence-corrected chi connectivity index (χ3v) is 5.93. The Morgan fingerprint density at radius 1 is 1.00 bits per heavy atom. The van der Waals surface area contributed by atoms with E-state index in [0.29, 0.717) is 10.8 Å². The second-order valence-corrected chi connectivity index (χ2v) is 8.23. The van der Waals surface area contributed by atoms with Crippen LogP contribution < -0.4 is 0 Å². The molecule has 122 valence electrons. The molecule has 0 saturated carbocycles. The van der Waals surface area contributed by atoms with Crippen LogP contribution in [0.3, 0.4) is 0 Å². The molecule has 3 nitrogen and oxygen atoms in total. The molecular formula is C19H31N3. The van der Waals surface area contributed by atoms with Crippen molar-refractivity contribution in [2.24, 2.45) is 10.8 Å². The van der Waals surface area contributed by atoms with Crippen LogP contribution in [0.2, 0.25) is 0 Å². The van der Waals surface area contributed by atoms with Gasteiger partial charge in [0, 0.05) is 56.6 Å². The molecule has 0 radical (unpaired) electrons. The lowest BCUT2D eigenvalue weighted by atomic mass is 9.71. The van der Waals surface area contributed by atoms with E-state index >= 15 is 0 Å². The monoisotopic (exact) mass is 301 g/mol. The standard InChI is InChI=1S/C19H31N3/c1-18-13-21(4)14-19(18,2)16-22(15-18)11-10-20(3)12-17-8-6-5-7-9-17/h5-9H,10-16H2,1-4H3. The summed E-state index contributed by atoms with van der Waals surface area (Å²) in [6.07, 6.45) is 0. The van der Waals surface area contributed by atoms with Gasteiger partial charge in [-0.3, -0.25) is 0 Å². The maximum Gasteiger partial charge on any atom is 0.0231 e. The first-order valence-electron chi connectivity index (χ1n) is 8.54. The molecule has 2 aliphatic heterocycles. The fourth-order valence-corrected chi connectivity index (χ4v) is 4.60. The number of nitrogens with zero attached hydrogens (tertiary/aromatic N) is 3. The van der Waals surface area contributed by atoms with Gasteiger partial charge in [-0.25, -0.2) is 0 Å². The number of hydrogen-bond donors (Lipinski definition) is 0. The Balaban J connectivity index is 1.49. The third kappa shape index (κ3) is 3.08. The zero-order valence-electron chi connectivity index (χ0n) is 14.7. The van der Waals surface area contributed by atoms with Crippen LogP contribution in [0, 0.1) is 10.8 Å². The number of fused-ring (bicyclic) bond motifs is 1. The van der Waals surface area contributed by atoms with Crippen molar-refractivity contribution < 1.29 is 0 Å². The van der Waals surface area contributed by atoms with Crippen molar-refractivity contribution in [3.8, 4) is 0 Å². The SMILES string of the molecule is CN(CCN1CC2(C)CN(C)CC2(C)C1)Cc1ccccc1. The van der Waals surface area contributed by atoms with Crippen molar-refractivity contribution in [3.05, 3.63) is 35.9 Å². The quantitative estimate of drug-likeness (QED) is 0.827. The average molecular weight is 301 g/mol. The molecule has 2 saturated heterocycles. The Morgan fingerprint density at radius 3 is 2.18 bits per heavy atom. The van der Waals surface area contributed by atoms with E-state index in [1.165, 1.54) is 38.3 Å². The van der Waals surface area contributed by atoms with Crippen molar-refractivity contribution in [2.45, 2.75) is 20.4 Å². The zero-order valence-corrected chi connectivity index (χ0v) is 14.7. The number of rotatable bonds is 5. The topological polar surface area (TPSA) is 9.72 Å². The Kier molecular flexibility index (Phi) is 4.32. The summed E-state index contributed by atoms with van der Waals surface area (Å²) < 4.78 is 0. The molecule has 2 aliphatic rings. The molecule has 3 heteroatoms. The van der Waals surface area contributed by atoms with Crippen LogP contribution in [0.1, 0.15) is 19.4 Å². The van der Waals surface area contributed by atoms with Gasteiger partial charge in [-0.05, 0) is 19.7 Å². The number of benzene rings is 1. The van der Waals surface area contributed by atoms with E-state index in [9.17, 15) is 0 Å². The van der Waals surface area contributed by atoms with E-state index in [1.54, 1.807) is 0 Å². The first-order valence-corrected chi connectivity index (χ1v) is 8.54. The van der Waals surface area contributed by atoms with Crippen LogP contribution in [-0.2, 0) is 6.54 Å². The third-order valence-electron chi connectivity index (χ3n) is 5.93. The second kappa shape index (κ2) is 5.95. The number of hydrogen-bond acceptors (Lipinski definition) is 3. The molecule has 3 rings (SSSR count). The van der Waals surface area contributed by atoms with Gasteiger partial charge in [0.2, 0.25) is 0 Å². The smallest absolute Gasteiger partial charge is 0.0231 e. The van der Waals surface area contributed by atoms with Crippen LogP contribution in [-0.4, -0.2) is 68.1 Å². The summed E-state index contributed by atoms with van der Waals surface area (Å²) in [6.45, 7) is 13.4. The highest BCUT2D eigenvalue weighted by Gasteiger charge is 2.56. The first kappa shape index (κ1) is 16.0. The van der Waals surface area contributed by atoms with Crippen LogP contribution in [0.25, 0.3) is 0 Å². The predicted molar refractivity (Wildman–Crippen MR) is 92.9 cm³/mol. The second-order valence-electron chi connectivity index (χ2n) is 8.23. The fraction of sp³-hybridized carbons (Fsp3) is 0.684. The van der Waals surface area contributed by atoms with Gasteiger partial charge >= 0.3 is 0 Å². The summed E-state index contributed by atoms with van der Waals surface area (Å²) in [4.78, 5) is 7.65. The Labute approximate surface area is 135 Å². The lowest BCUT2D eigenvalue weighted by Gasteiger charge is -2.31. The van der Waals surface area contributed by atoms with E-state index in [-0.39, 0.29) is 0 Å². The predicted octanol–water partition coefficient (Wildman–Crippen LogP) is 2.39. The van der Waals surface area contributed by atoms with Crippen molar-refractivity contribution in [1.82, 2.24) is 14.7 Å². The largest absolute Gasteiger partial charge is 0.305 e. The average Bonchev–Trinajstić information content (AvgIpc) is 2.80. The van der Waals surface area contributed by atoms with E-state index in [2.05, 4.69) is 73.0 Å². The van der Waals surface area contributed by atoms with E-state index in [0.717, 1.165) is 13.1 Å². The molecule has 2 unspecified atom stereocenters. The van der Waals surface area contributed by atoms with Gasteiger partial charge in [-0.2, -0.15) is 0 Å². The molecule has 2 heterocycles. The summed E-state index contributed by atoms with van der Waals surface area (Å²) in [7, 11) is 4.51. The van der Waals surface area contributed by atoms with E-state index < -0.39 is 0 Å². The molecule has 1 aromatic rings. The summed E-state index contributed by atoms with van der Waals surface area (Å²) in [5.41, 5.74) is 2.35. The molecule has 22 heavy (non-hydrogen) atoms. The lowest BCUT2D eigenvalue weighted by molar-refractivity contribution is 0.212. The zero-order chi connectivity index (χ0) is 15.8. The minimum absolute atomic E-state index is 0.472. The van der Waals surface area contributed by atoms with Gasteiger partial charge in [0.25, 0.3) is 0 Å². The molecule has 0 aliphatic carbocycles. The van der Waals surface area contributed by atoms with Crippen LogP contribution >= 0.6 is 0 Å². The number of likely N-dealkylation sites (tertiary alicyclic amines) is 2. The summed E-state index contributed by atoms with van der Waals surface area (Å²) >= 11 is 0. The Morgan fingerprint density at radius 2 is 1.59 bits per heavy atom. The maximum atomic E-state index is 2.69. The lowest BCUT2D eigenvalue weighted by Crippen LogP contribution is -2.35. The molecule has 1 aromatic carbocycles. The highest BCUT2D eigenvalue weighted by molar-refractivity contribution is 5.14. The van der Waals surface area contributed by atoms with Gasteiger partial charge in [0.05, 0.1) is 0 Å². The number of likely N-dealkylation sites (N-methyl/N-ethyl adjacent to an activating group) is 1. The molecule has 0 N–H and O–H groups in total. The summed E-state index contributed by atoms with van der Waals surface area (Å²) in [5.74, 6) is 0. The van der Waals surface area contributed by atoms with Gasteiger partial charge in [0.15, 0.2) is 0 Å². The Bertz CT molecular complexity index is 483. The van der Waals surface area contributed by atoms with Crippen LogP contribution in [0.5, 0.6) is 0 Å². The minimum Gasteiger partial charge on any atom is -0.305 e. The van der Waals surface area contributed by atoms with Crippen molar-refractivity contribution in [1.29, 1.82) is 0 Å². The highest BCUT2D eigenvalue weighted by atomic mass is 15.3. The Hall–Kier alpha value is -0.900. The normalized spacial score (nSPS) is 32.8. The van der Waals surface area contributed by atoms with Gasteiger partial charge in [0.1, 0.15) is 0 Å².